The van der Waals surface area contributed by atoms with Crippen molar-refractivity contribution in [2.75, 3.05) is 6.61 Å². The van der Waals surface area contributed by atoms with Crippen LogP contribution in [0.4, 0.5) is 4.39 Å². The minimum absolute atomic E-state index is 0.707. The van der Waals surface area contributed by atoms with Gasteiger partial charge in [0.25, 0.3) is 0 Å². The van der Waals surface area contributed by atoms with Crippen LogP contribution in [0.3, 0.4) is 0 Å². The standard InChI is InChI=1S/C27H41FO/c1-2-3-6-21-29-27-18-16-26(17-19-27)25-14-12-24(13-15-25)23-10-8-22(9-11-23)7-4-5-20-28/h5,16-20,22-25H,2-4,6-15,21H2,1H3/b20-5+/t22-,23-,24-,25-. The fraction of sp³-hybridized carbons (Fsp3) is 0.704. The fourth-order valence-electron chi connectivity index (χ4n) is 5.65. The summed E-state index contributed by atoms with van der Waals surface area (Å²) < 4.78 is 18.0. The molecule has 2 heteroatoms. The molecule has 2 fully saturated rings. The molecular formula is C27H41FO. The predicted molar refractivity (Wildman–Crippen MR) is 121 cm³/mol. The molecule has 1 nitrogen and oxygen atoms in total. The van der Waals surface area contributed by atoms with Gasteiger partial charge in [-0.15, -0.1) is 0 Å². The molecule has 3 rings (SSSR count). The van der Waals surface area contributed by atoms with Gasteiger partial charge in [0, 0.05) is 0 Å². The lowest BCUT2D eigenvalue weighted by Gasteiger charge is -2.38. The largest absolute Gasteiger partial charge is 0.494 e. The number of ether oxygens (including phenoxy) is 1. The van der Waals surface area contributed by atoms with Gasteiger partial charge in [-0.2, -0.15) is 0 Å². The Morgan fingerprint density at radius 2 is 1.55 bits per heavy atom. The van der Waals surface area contributed by atoms with Crippen molar-refractivity contribution in [2.45, 2.75) is 96.3 Å². The van der Waals surface area contributed by atoms with Crippen LogP contribution in [-0.2, 0) is 0 Å². The van der Waals surface area contributed by atoms with E-state index >= 15 is 0 Å². The second-order valence-corrected chi connectivity index (χ2v) is 9.46. The summed E-state index contributed by atoms with van der Waals surface area (Å²) in [6.45, 7) is 3.07. The molecule has 2 aliphatic carbocycles. The van der Waals surface area contributed by atoms with Gasteiger partial charge in [0.05, 0.1) is 12.9 Å². The molecule has 0 aliphatic heterocycles. The zero-order valence-electron chi connectivity index (χ0n) is 18.5. The summed E-state index contributed by atoms with van der Waals surface area (Å²) in [4.78, 5) is 0. The van der Waals surface area contributed by atoms with Crippen molar-refractivity contribution >= 4 is 0 Å². The van der Waals surface area contributed by atoms with Crippen molar-refractivity contribution in [1.29, 1.82) is 0 Å². The number of benzene rings is 1. The Bertz CT molecular complexity index is 577. The van der Waals surface area contributed by atoms with E-state index in [1.165, 1.54) is 76.2 Å². The third kappa shape index (κ3) is 7.15. The van der Waals surface area contributed by atoms with Crippen LogP contribution in [0.1, 0.15) is 102 Å². The molecule has 0 bridgehead atoms. The normalized spacial score (nSPS) is 27.9. The Morgan fingerprint density at radius 3 is 2.17 bits per heavy atom. The van der Waals surface area contributed by atoms with Gasteiger partial charge in [-0.25, -0.2) is 4.39 Å². The van der Waals surface area contributed by atoms with E-state index in [-0.39, 0.29) is 0 Å². The van der Waals surface area contributed by atoms with Crippen LogP contribution in [0.25, 0.3) is 0 Å². The van der Waals surface area contributed by atoms with Crippen molar-refractivity contribution in [1.82, 2.24) is 0 Å². The van der Waals surface area contributed by atoms with Crippen LogP contribution in [0, 0.1) is 17.8 Å². The fourth-order valence-corrected chi connectivity index (χ4v) is 5.65. The molecule has 29 heavy (non-hydrogen) atoms. The topological polar surface area (TPSA) is 9.23 Å². The maximum Gasteiger partial charge on any atom is 0.119 e. The molecule has 0 atom stereocenters. The van der Waals surface area contributed by atoms with Gasteiger partial charge in [0.2, 0.25) is 0 Å². The van der Waals surface area contributed by atoms with Crippen molar-refractivity contribution in [3.8, 4) is 5.75 Å². The summed E-state index contributed by atoms with van der Waals surface area (Å²) in [7, 11) is 0. The number of allylic oxidation sites excluding steroid dienone is 1. The summed E-state index contributed by atoms with van der Waals surface area (Å²) in [5.74, 6) is 4.49. The van der Waals surface area contributed by atoms with E-state index in [1.54, 1.807) is 6.08 Å². The average molecular weight is 401 g/mol. The number of hydrogen-bond acceptors (Lipinski definition) is 1. The van der Waals surface area contributed by atoms with Crippen molar-refractivity contribution in [3.63, 3.8) is 0 Å². The SMILES string of the molecule is CCCCCOc1ccc([C@H]2CC[C@H]([C@H]3CC[C@H](CC/C=C/F)CC3)CC2)cc1. The van der Waals surface area contributed by atoms with Crippen molar-refractivity contribution in [2.24, 2.45) is 17.8 Å². The molecule has 162 valence electrons. The zero-order chi connectivity index (χ0) is 20.3. The van der Waals surface area contributed by atoms with Gasteiger partial charge in [0.1, 0.15) is 5.75 Å². The first kappa shape index (κ1) is 22.4. The van der Waals surface area contributed by atoms with Gasteiger partial charge >= 0.3 is 0 Å². The minimum Gasteiger partial charge on any atom is -0.494 e. The smallest absolute Gasteiger partial charge is 0.119 e. The van der Waals surface area contributed by atoms with Crippen LogP contribution in [0.2, 0.25) is 0 Å². The summed E-state index contributed by atoms with van der Waals surface area (Å²) in [5.41, 5.74) is 1.51. The summed E-state index contributed by atoms with van der Waals surface area (Å²) in [5, 5.41) is 0. The Labute approximate surface area is 178 Å². The first-order valence-corrected chi connectivity index (χ1v) is 12.3. The van der Waals surface area contributed by atoms with Crippen LogP contribution < -0.4 is 4.74 Å². The molecule has 2 saturated carbocycles. The van der Waals surface area contributed by atoms with Crippen molar-refractivity contribution < 1.29 is 9.13 Å². The highest BCUT2D eigenvalue weighted by Crippen LogP contribution is 2.44. The monoisotopic (exact) mass is 400 g/mol. The van der Waals surface area contributed by atoms with Gasteiger partial charge in [-0.05, 0) is 99.2 Å². The van der Waals surface area contributed by atoms with Crippen LogP contribution in [-0.4, -0.2) is 6.61 Å². The molecular weight excluding hydrogens is 359 g/mol. The highest BCUT2D eigenvalue weighted by atomic mass is 19.1. The molecule has 0 N–H and O–H groups in total. The third-order valence-electron chi connectivity index (χ3n) is 7.53. The van der Waals surface area contributed by atoms with Crippen LogP contribution in [0.5, 0.6) is 5.75 Å². The van der Waals surface area contributed by atoms with Gasteiger partial charge < -0.3 is 4.74 Å². The number of halogens is 1. The maximum absolute atomic E-state index is 12.1. The highest BCUT2D eigenvalue weighted by Gasteiger charge is 2.31. The Kier molecular flexibility index (Phi) is 9.57. The van der Waals surface area contributed by atoms with E-state index in [0.29, 0.717) is 6.33 Å². The number of rotatable bonds is 10. The predicted octanol–water partition coefficient (Wildman–Crippen LogP) is 8.60. The molecule has 0 radical (unpaired) electrons. The lowest BCUT2D eigenvalue weighted by molar-refractivity contribution is 0.157. The first-order chi connectivity index (χ1) is 14.3. The molecule has 0 unspecified atom stereocenters. The van der Waals surface area contributed by atoms with E-state index in [1.807, 2.05) is 0 Å². The molecule has 0 spiro atoms. The molecule has 0 saturated heterocycles. The van der Waals surface area contributed by atoms with Gasteiger partial charge in [0.15, 0.2) is 0 Å². The lowest BCUT2D eigenvalue weighted by atomic mass is 9.68. The third-order valence-corrected chi connectivity index (χ3v) is 7.53. The quantitative estimate of drug-likeness (QED) is 0.357. The second-order valence-electron chi connectivity index (χ2n) is 9.46. The van der Waals surface area contributed by atoms with E-state index in [4.69, 9.17) is 4.74 Å². The molecule has 0 aromatic heterocycles. The average Bonchev–Trinajstić information content (AvgIpc) is 2.78. The summed E-state index contributed by atoms with van der Waals surface area (Å²) in [6.07, 6.45) is 19.2. The van der Waals surface area contributed by atoms with Gasteiger partial charge in [-0.1, -0.05) is 50.8 Å². The van der Waals surface area contributed by atoms with Crippen LogP contribution in [0.15, 0.2) is 36.7 Å². The van der Waals surface area contributed by atoms with Crippen LogP contribution >= 0.6 is 0 Å². The Morgan fingerprint density at radius 1 is 0.897 bits per heavy atom. The second kappa shape index (κ2) is 12.4. The molecule has 0 amide bonds. The summed E-state index contributed by atoms with van der Waals surface area (Å²) in [6, 6.07) is 8.95. The first-order valence-electron chi connectivity index (χ1n) is 12.3. The van der Waals surface area contributed by atoms with Crippen molar-refractivity contribution in [3.05, 3.63) is 42.2 Å². The molecule has 1 aromatic carbocycles. The highest BCUT2D eigenvalue weighted by molar-refractivity contribution is 5.29. The number of hydrogen-bond donors (Lipinski definition) is 0. The maximum atomic E-state index is 12.1. The van der Waals surface area contributed by atoms with E-state index in [9.17, 15) is 4.39 Å². The molecule has 0 heterocycles. The van der Waals surface area contributed by atoms with E-state index < -0.39 is 0 Å². The zero-order valence-corrected chi connectivity index (χ0v) is 18.5. The molecule has 2 aliphatic rings. The Balaban J connectivity index is 1.37. The van der Waals surface area contributed by atoms with Gasteiger partial charge in [-0.3, -0.25) is 0 Å². The number of unbranched alkanes of at least 4 members (excludes halogenated alkanes) is 2. The summed E-state index contributed by atoms with van der Waals surface area (Å²) >= 11 is 0. The minimum atomic E-state index is 0.707. The van der Waals surface area contributed by atoms with E-state index in [2.05, 4.69) is 31.2 Å². The Hall–Kier alpha value is -1.31. The lowest BCUT2D eigenvalue weighted by Crippen LogP contribution is -2.25. The van der Waals surface area contributed by atoms with E-state index in [0.717, 1.165) is 48.9 Å². The molecule has 1 aromatic rings.